The summed E-state index contributed by atoms with van der Waals surface area (Å²) in [6, 6.07) is 11.5. The molecule has 0 aromatic heterocycles. The van der Waals surface area contributed by atoms with Gasteiger partial charge in [0.1, 0.15) is 5.75 Å². The molecular formula is C15H18N2O3S. The Morgan fingerprint density at radius 3 is 2.57 bits per heavy atom. The lowest BCUT2D eigenvalue weighted by Gasteiger charge is -2.13. The third-order valence-electron chi connectivity index (χ3n) is 2.98. The highest BCUT2D eigenvalue weighted by Crippen LogP contribution is 2.27. The minimum Gasteiger partial charge on any atom is -0.492 e. The van der Waals surface area contributed by atoms with Crippen LogP contribution >= 0.6 is 0 Å². The highest BCUT2D eigenvalue weighted by atomic mass is 32.2. The Kier molecular flexibility index (Phi) is 4.37. The maximum Gasteiger partial charge on any atom is 0.262 e. The highest BCUT2D eigenvalue weighted by molar-refractivity contribution is 7.92. The molecule has 0 bridgehead atoms. The fourth-order valence-corrected chi connectivity index (χ4v) is 3.01. The number of aryl methyl sites for hydroxylation is 1. The van der Waals surface area contributed by atoms with Crippen LogP contribution in [0, 0.1) is 6.92 Å². The number of nitrogens with two attached hydrogens (primary N) is 1. The van der Waals surface area contributed by atoms with Crippen LogP contribution in [-0.2, 0) is 10.0 Å². The van der Waals surface area contributed by atoms with Crippen molar-refractivity contribution in [2.24, 2.45) is 0 Å². The van der Waals surface area contributed by atoms with E-state index >= 15 is 0 Å². The van der Waals surface area contributed by atoms with E-state index in [2.05, 4.69) is 4.72 Å². The van der Waals surface area contributed by atoms with E-state index in [0.29, 0.717) is 23.7 Å². The van der Waals surface area contributed by atoms with Crippen LogP contribution in [0.15, 0.2) is 47.4 Å². The Bertz CT molecular complexity index is 742. The van der Waals surface area contributed by atoms with Crippen molar-refractivity contribution in [2.75, 3.05) is 17.1 Å². The number of benzene rings is 2. The van der Waals surface area contributed by atoms with E-state index in [4.69, 9.17) is 10.5 Å². The van der Waals surface area contributed by atoms with Crippen molar-refractivity contribution < 1.29 is 13.2 Å². The van der Waals surface area contributed by atoms with E-state index in [1.54, 1.807) is 43.3 Å². The predicted octanol–water partition coefficient (Wildman–Crippen LogP) is 2.78. The minimum absolute atomic E-state index is 0.167. The smallest absolute Gasteiger partial charge is 0.262 e. The van der Waals surface area contributed by atoms with Crippen molar-refractivity contribution in [3.05, 3.63) is 48.0 Å². The lowest BCUT2D eigenvalue weighted by molar-refractivity contribution is 0.342. The van der Waals surface area contributed by atoms with Gasteiger partial charge in [0.05, 0.1) is 17.2 Å². The van der Waals surface area contributed by atoms with E-state index < -0.39 is 10.0 Å². The molecule has 0 saturated heterocycles. The zero-order chi connectivity index (χ0) is 15.5. The van der Waals surface area contributed by atoms with Crippen molar-refractivity contribution >= 4 is 21.4 Å². The van der Waals surface area contributed by atoms with Crippen LogP contribution in [0.3, 0.4) is 0 Å². The average Bonchev–Trinajstić information content (AvgIpc) is 2.44. The Morgan fingerprint density at radius 2 is 1.90 bits per heavy atom. The van der Waals surface area contributed by atoms with Crippen molar-refractivity contribution in [1.82, 2.24) is 0 Å². The average molecular weight is 306 g/mol. The molecule has 0 spiro atoms. The molecule has 0 aliphatic heterocycles. The second kappa shape index (κ2) is 6.05. The molecule has 6 heteroatoms. The number of sulfonamides is 1. The summed E-state index contributed by atoms with van der Waals surface area (Å²) in [5.74, 6) is 0.496. The van der Waals surface area contributed by atoms with Gasteiger partial charge in [-0.25, -0.2) is 8.42 Å². The molecule has 2 aromatic carbocycles. The maximum absolute atomic E-state index is 12.4. The third kappa shape index (κ3) is 3.46. The molecule has 0 heterocycles. The number of para-hydroxylation sites is 2. The lowest BCUT2D eigenvalue weighted by atomic mass is 10.2. The summed E-state index contributed by atoms with van der Waals surface area (Å²) < 4.78 is 32.8. The molecule has 0 amide bonds. The van der Waals surface area contributed by atoms with Crippen LogP contribution in [0.1, 0.15) is 12.5 Å². The van der Waals surface area contributed by atoms with Crippen LogP contribution in [0.5, 0.6) is 5.75 Å². The van der Waals surface area contributed by atoms with Crippen molar-refractivity contribution in [3.8, 4) is 5.75 Å². The summed E-state index contributed by atoms with van der Waals surface area (Å²) in [5.41, 5.74) is 7.40. The molecule has 2 aromatic rings. The van der Waals surface area contributed by atoms with Gasteiger partial charge in [0.2, 0.25) is 0 Å². The van der Waals surface area contributed by atoms with E-state index in [9.17, 15) is 8.42 Å². The number of hydrogen-bond acceptors (Lipinski definition) is 4. The molecule has 0 atom stereocenters. The van der Waals surface area contributed by atoms with Crippen LogP contribution in [0.25, 0.3) is 0 Å². The van der Waals surface area contributed by atoms with Crippen molar-refractivity contribution in [3.63, 3.8) is 0 Å². The van der Waals surface area contributed by atoms with Gasteiger partial charge in [0, 0.05) is 5.69 Å². The van der Waals surface area contributed by atoms with E-state index in [-0.39, 0.29) is 4.90 Å². The quantitative estimate of drug-likeness (QED) is 0.832. The topological polar surface area (TPSA) is 81.4 Å². The van der Waals surface area contributed by atoms with Gasteiger partial charge in [0.25, 0.3) is 10.0 Å². The van der Waals surface area contributed by atoms with Gasteiger partial charge in [0.15, 0.2) is 0 Å². The Balaban J connectivity index is 2.35. The third-order valence-corrected chi connectivity index (χ3v) is 4.35. The number of hydrogen-bond donors (Lipinski definition) is 2. The predicted molar refractivity (Wildman–Crippen MR) is 84.0 cm³/mol. The number of ether oxygens (including phenoxy) is 1. The first kappa shape index (κ1) is 15.2. The molecule has 0 fully saturated rings. The molecule has 21 heavy (non-hydrogen) atoms. The maximum atomic E-state index is 12.4. The monoisotopic (exact) mass is 306 g/mol. The molecule has 112 valence electrons. The van der Waals surface area contributed by atoms with E-state index in [1.165, 1.54) is 6.07 Å². The van der Waals surface area contributed by atoms with Gasteiger partial charge in [-0.15, -0.1) is 0 Å². The molecule has 3 N–H and O–H groups in total. The van der Waals surface area contributed by atoms with Crippen LogP contribution in [-0.4, -0.2) is 15.0 Å². The normalized spacial score (nSPS) is 11.1. The van der Waals surface area contributed by atoms with E-state index in [0.717, 1.165) is 5.56 Å². The molecule has 0 aliphatic carbocycles. The summed E-state index contributed by atoms with van der Waals surface area (Å²) in [7, 11) is -3.68. The number of rotatable bonds is 5. The molecule has 5 nitrogen and oxygen atoms in total. The number of nitrogen functional groups attached to an aromatic ring is 1. The molecule has 0 aliphatic rings. The fraction of sp³-hybridized carbons (Fsp3) is 0.200. The molecular weight excluding hydrogens is 288 g/mol. The first-order valence-corrected chi connectivity index (χ1v) is 8.03. The molecule has 0 unspecified atom stereocenters. The van der Waals surface area contributed by atoms with Crippen LogP contribution in [0.4, 0.5) is 11.4 Å². The zero-order valence-electron chi connectivity index (χ0n) is 12.0. The molecule has 0 saturated carbocycles. The SMILES string of the molecule is CCOc1ccccc1NS(=O)(=O)c1ccc(N)c(C)c1. The fourth-order valence-electron chi connectivity index (χ4n) is 1.85. The van der Waals surface area contributed by atoms with E-state index in [1.807, 2.05) is 6.92 Å². The Morgan fingerprint density at radius 1 is 1.19 bits per heavy atom. The largest absolute Gasteiger partial charge is 0.492 e. The highest BCUT2D eigenvalue weighted by Gasteiger charge is 2.17. The van der Waals surface area contributed by atoms with Gasteiger partial charge in [-0.3, -0.25) is 4.72 Å². The van der Waals surface area contributed by atoms with Gasteiger partial charge in [-0.2, -0.15) is 0 Å². The van der Waals surface area contributed by atoms with Crippen LogP contribution < -0.4 is 15.2 Å². The minimum atomic E-state index is -3.68. The summed E-state index contributed by atoms with van der Waals surface area (Å²) in [6.45, 7) is 4.07. The summed E-state index contributed by atoms with van der Waals surface area (Å²) in [4.78, 5) is 0.167. The van der Waals surface area contributed by atoms with Gasteiger partial charge in [-0.05, 0) is 49.7 Å². The standard InChI is InChI=1S/C15H18N2O3S/c1-3-20-15-7-5-4-6-14(15)17-21(18,19)12-8-9-13(16)11(2)10-12/h4-10,17H,3,16H2,1-2H3. The summed E-state index contributed by atoms with van der Waals surface area (Å²) in [6.07, 6.45) is 0. The van der Waals surface area contributed by atoms with Gasteiger partial charge in [-0.1, -0.05) is 12.1 Å². The second-order valence-electron chi connectivity index (χ2n) is 4.55. The Labute approximate surface area is 124 Å². The number of anilines is 2. The van der Waals surface area contributed by atoms with Crippen molar-refractivity contribution in [1.29, 1.82) is 0 Å². The summed E-state index contributed by atoms with van der Waals surface area (Å²) in [5, 5.41) is 0. The lowest BCUT2D eigenvalue weighted by Crippen LogP contribution is -2.14. The zero-order valence-corrected chi connectivity index (χ0v) is 12.8. The number of nitrogens with one attached hydrogen (secondary N) is 1. The van der Waals surface area contributed by atoms with Crippen LogP contribution in [0.2, 0.25) is 0 Å². The first-order valence-electron chi connectivity index (χ1n) is 6.55. The Hall–Kier alpha value is -2.21. The summed E-state index contributed by atoms with van der Waals surface area (Å²) >= 11 is 0. The van der Waals surface area contributed by atoms with Crippen molar-refractivity contribution in [2.45, 2.75) is 18.7 Å². The second-order valence-corrected chi connectivity index (χ2v) is 6.24. The van der Waals surface area contributed by atoms with Gasteiger partial charge >= 0.3 is 0 Å². The van der Waals surface area contributed by atoms with Gasteiger partial charge < -0.3 is 10.5 Å². The molecule has 0 radical (unpaired) electrons. The first-order chi connectivity index (χ1) is 9.94. The molecule has 2 rings (SSSR count).